The van der Waals surface area contributed by atoms with Crippen molar-refractivity contribution < 1.29 is 4.79 Å². The van der Waals surface area contributed by atoms with Crippen molar-refractivity contribution in [2.75, 3.05) is 11.1 Å². The van der Waals surface area contributed by atoms with Gasteiger partial charge < -0.3 is 0 Å². The summed E-state index contributed by atoms with van der Waals surface area (Å²) in [6.45, 7) is 0. The van der Waals surface area contributed by atoms with Gasteiger partial charge in [0.25, 0.3) is 0 Å². The Kier molecular flexibility index (Phi) is 6.90. The lowest BCUT2D eigenvalue weighted by Crippen LogP contribution is -2.13. The second kappa shape index (κ2) is 9.60. The zero-order chi connectivity index (χ0) is 17.3. The summed E-state index contributed by atoms with van der Waals surface area (Å²) in [5.41, 5.74) is 1.22. The molecule has 7 heteroatoms. The van der Waals surface area contributed by atoms with Gasteiger partial charge in [-0.3, -0.25) is 10.1 Å². The van der Waals surface area contributed by atoms with Crippen molar-refractivity contribution in [1.82, 2.24) is 10.2 Å². The van der Waals surface area contributed by atoms with E-state index in [1.807, 2.05) is 36.4 Å². The van der Waals surface area contributed by atoms with E-state index < -0.39 is 0 Å². The first-order valence-corrected chi connectivity index (χ1v) is 10.7. The van der Waals surface area contributed by atoms with Gasteiger partial charge in [-0.15, -0.1) is 33.7 Å². The number of nitrogens with one attached hydrogen (secondary N) is 1. The molecular formula is C18H17N3OS3. The first-order chi connectivity index (χ1) is 12.3. The predicted octanol–water partition coefficient (Wildman–Crippen LogP) is 4.70. The predicted molar refractivity (Wildman–Crippen MR) is 107 cm³/mol. The third kappa shape index (κ3) is 6.19. The highest BCUT2D eigenvalue weighted by Crippen LogP contribution is 2.25. The summed E-state index contributed by atoms with van der Waals surface area (Å²) in [6.07, 6.45) is 0. The zero-order valence-corrected chi connectivity index (χ0v) is 15.9. The number of aromatic nitrogens is 2. The molecule has 1 aromatic heterocycles. The topological polar surface area (TPSA) is 54.9 Å². The number of anilines is 1. The fourth-order valence-corrected chi connectivity index (χ4v) is 4.46. The summed E-state index contributed by atoms with van der Waals surface area (Å²) in [5, 5.41) is 12.5. The number of amides is 1. The fraction of sp³-hybridized carbons (Fsp3) is 0.167. The van der Waals surface area contributed by atoms with Crippen LogP contribution in [0.25, 0.3) is 0 Å². The second-order valence-corrected chi connectivity index (χ2v) is 8.23. The number of carbonyl (C=O) groups is 1. The van der Waals surface area contributed by atoms with E-state index in [4.69, 9.17) is 0 Å². The van der Waals surface area contributed by atoms with E-state index in [1.165, 1.54) is 21.8 Å². The van der Waals surface area contributed by atoms with Gasteiger partial charge in [0.05, 0.1) is 11.5 Å². The average Bonchev–Trinajstić information content (AvgIpc) is 3.09. The molecule has 0 bridgehead atoms. The monoisotopic (exact) mass is 387 g/mol. The molecule has 0 saturated carbocycles. The first-order valence-electron chi connectivity index (χ1n) is 7.71. The first kappa shape index (κ1) is 18.0. The van der Waals surface area contributed by atoms with Gasteiger partial charge in [0.15, 0.2) is 0 Å². The van der Waals surface area contributed by atoms with Crippen molar-refractivity contribution in [3.63, 3.8) is 0 Å². The molecule has 0 radical (unpaired) electrons. The highest BCUT2D eigenvalue weighted by molar-refractivity contribution is 7.99. The summed E-state index contributed by atoms with van der Waals surface area (Å²) in [6, 6.07) is 20.3. The fourth-order valence-electron chi connectivity index (χ4n) is 2.02. The molecule has 0 aliphatic rings. The van der Waals surface area contributed by atoms with Crippen LogP contribution in [-0.2, 0) is 16.3 Å². The minimum absolute atomic E-state index is 0.0423. The molecule has 0 atom stereocenters. The summed E-state index contributed by atoms with van der Waals surface area (Å²) in [7, 11) is 0. The van der Waals surface area contributed by atoms with Crippen molar-refractivity contribution in [3.05, 3.63) is 71.2 Å². The Morgan fingerprint density at radius 3 is 2.44 bits per heavy atom. The Hall–Kier alpha value is -1.83. The van der Waals surface area contributed by atoms with Crippen LogP contribution in [0.2, 0.25) is 0 Å². The Morgan fingerprint density at radius 1 is 0.960 bits per heavy atom. The second-order valence-electron chi connectivity index (χ2n) is 5.13. The third-order valence-corrected chi connectivity index (χ3v) is 6.21. The molecule has 0 unspecified atom stereocenters. The smallest absolute Gasteiger partial charge is 0.236 e. The molecule has 3 aromatic rings. The number of thioether (sulfide) groups is 2. The zero-order valence-electron chi connectivity index (χ0n) is 13.4. The van der Waals surface area contributed by atoms with Crippen LogP contribution in [0.1, 0.15) is 10.6 Å². The molecule has 4 nitrogen and oxygen atoms in total. The van der Waals surface area contributed by atoms with Crippen LogP contribution >= 0.6 is 34.9 Å². The maximum absolute atomic E-state index is 12.0. The Balaban J connectivity index is 1.40. The molecule has 2 aromatic carbocycles. The van der Waals surface area contributed by atoms with Crippen molar-refractivity contribution in [2.45, 2.75) is 16.4 Å². The normalized spacial score (nSPS) is 10.6. The molecule has 1 N–H and O–H groups in total. The van der Waals surface area contributed by atoms with Crippen LogP contribution in [-0.4, -0.2) is 21.9 Å². The van der Waals surface area contributed by atoms with Gasteiger partial charge in [0, 0.05) is 10.6 Å². The minimum atomic E-state index is -0.0423. The lowest BCUT2D eigenvalue weighted by atomic mass is 10.2. The number of benzene rings is 2. The Bertz CT molecular complexity index is 794. The lowest BCUT2D eigenvalue weighted by Gasteiger charge is -2.02. The van der Waals surface area contributed by atoms with E-state index >= 15 is 0 Å². The molecule has 0 aliphatic heterocycles. The summed E-state index contributed by atoms with van der Waals surface area (Å²) < 4.78 is 0. The van der Waals surface area contributed by atoms with E-state index in [0.29, 0.717) is 10.9 Å². The van der Waals surface area contributed by atoms with Crippen LogP contribution in [0, 0.1) is 0 Å². The molecule has 25 heavy (non-hydrogen) atoms. The molecule has 1 amide bonds. The van der Waals surface area contributed by atoms with Crippen molar-refractivity contribution in [2.24, 2.45) is 0 Å². The maximum Gasteiger partial charge on any atom is 0.236 e. The van der Waals surface area contributed by atoms with Gasteiger partial charge in [-0.05, 0) is 17.7 Å². The maximum atomic E-state index is 12.0. The molecular weight excluding hydrogens is 370 g/mol. The number of hydrogen-bond donors (Lipinski definition) is 1. The Labute approximate surface area is 159 Å². The van der Waals surface area contributed by atoms with Crippen molar-refractivity contribution >= 4 is 45.9 Å². The third-order valence-electron chi connectivity index (χ3n) is 3.16. The average molecular weight is 388 g/mol. The number of nitrogens with zero attached hydrogens (tertiary/aromatic N) is 2. The molecule has 0 aliphatic carbocycles. The van der Waals surface area contributed by atoms with Gasteiger partial charge >= 0.3 is 0 Å². The van der Waals surface area contributed by atoms with E-state index in [9.17, 15) is 4.79 Å². The minimum Gasteiger partial charge on any atom is -0.300 e. The SMILES string of the molecule is O=C(CSCc1ccccc1)Nc1nnc(CSc2ccccc2)s1. The van der Waals surface area contributed by atoms with E-state index in [2.05, 4.69) is 39.8 Å². The number of carbonyl (C=O) groups excluding carboxylic acids is 1. The van der Waals surface area contributed by atoms with Crippen LogP contribution in [0.5, 0.6) is 0 Å². The van der Waals surface area contributed by atoms with E-state index in [0.717, 1.165) is 16.5 Å². The summed E-state index contributed by atoms with van der Waals surface area (Å²) in [5.74, 6) is 1.94. The van der Waals surface area contributed by atoms with Gasteiger partial charge in [-0.2, -0.15) is 0 Å². The molecule has 128 valence electrons. The van der Waals surface area contributed by atoms with Crippen LogP contribution in [0.4, 0.5) is 5.13 Å². The largest absolute Gasteiger partial charge is 0.300 e. The number of rotatable bonds is 8. The lowest BCUT2D eigenvalue weighted by molar-refractivity contribution is -0.113. The highest BCUT2D eigenvalue weighted by atomic mass is 32.2. The van der Waals surface area contributed by atoms with Gasteiger partial charge in [0.1, 0.15) is 5.01 Å². The molecule has 3 rings (SSSR count). The van der Waals surface area contributed by atoms with Crippen molar-refractivity contribution in [1.29, 1.82) is 0 Å². The van der Waals surface area contributed by atoms with Gasteiger partial charge in [-0.1, -0.05) is 59.9 Å². The van der Waals surface area contributed by atoms with Crippen molar-refractivity contribution in [3.8, 4) is 0 Å². The molecule has 0 fully saturated rings. The van der Waals surface area contributed by atoms with E-state index in [1.54, 1.807) is 23.5 Å². The number of hydrogen-bond acceptors (Lipinski definition) is 6. The van der Waals surface area contributed by atoms with Crippen LogP contribution in [0.3, 0.4) is 0 Å². The molecule has 0 saturated heterocycles. The highest BCUT2D eigenvalue weighted by Gasteiger charge is 2.09. The summed E-state index contributed by atoms with van der Waals surface area (Å²) in [4.78, 5) is 13.2. The van der Waals surface area contributed by atoms with Gasteiger partial charge in [-0.25, -0.2) is 0 Å². The Morgan fingerprint density at radius 2 is 1.68 bits per heavy atom. The van der Waals surface area contributed by atoms with Gasteiger partial charge in [0.2, 0.25) is 11.0 Å². The van der Waals surface area contributed by atoms with Crippen LogP contribution in [0.15, 0.2) is 65.6 Å². The van der Waals surface area contributed by atoms with Crippen LogP contribution < -0.4 is 5.32 Å². The quantitative estimate of drug-likeness (QED) is 0.568. The molecule has 1 heterocycles. The van der Waals surface area contributed by atoms with E-state index in [-0.39, 0.29) is 5.91 Å². The summed E-state index contributed by atoms with van der Waals surface area (Å²) >= 11 is 4.72. The molecule has 0 spiro atoms. The standard InChI is InChI=1S/C18H17N3OS3/c22-16(12-23-11-14-7-3-1-4-8-14)19-18-21-20-17(25-18)13-24-15-9-5-2-6-10-15/h1-10H,11-13H2,(H,19,21,22).